The van der Waals surface area contributed by atoms with Gasteiger partial charge in [-0.1, -0.05) is 12.1 Å². The molecule has 0 spiro atoms. The molecule has 88 valence electrons. The molecule has 0 saturated heterocycles. The van der Waals surface area contributed by atoms with Crippen molar-refractivity contribution in [2.24, 2.45) is 0 Å². The van der Waals surface area contributed by atoms with Gasteiger partial charge in [0.05, 0.1) is 12.1 Å². The number of carbonyl (C=O) groups is 1. The zero-order valence-corrected chi connectivity index (χ0v) is 8.43. The molecule has 0 atom stereocenters. The van der Waals surface area contributed by atoms with Crippen molar-refractivity contribution in [2.45, 2.75) is 13.1 Å². The van der Waals surface area contributed by atoms with Crippen LogP contribution in [0, 0.1) is 6.92 Å². The molecule has 0 heterocycles. The second-order valence-electron chi connectivity index (χ2n) is 3.25. The number of hydrogen-bond donors (Lipinski definition) is 2. The number of aryl methyl sites for hydroxylation is 1. The molecule has 0 aromatic heterocycles. The van der Waals surface area contributed by atoms with Crippen molar-refractivity contribution in [3.05, 3.63) is 34.9 Å². The largest absolute Gasteiger partial charge is 0.417 e. The van der Waals surface area contributed by atoms with E-state index in [-0.39, 0.29) is 5.56 Å². The van der Waals surface area contributed by atoms with Crippen molar-refractivity contribution < 1.29 is 23.2 Å². The molecule has 0 fully saturated rings. The van der Waals surface area contributed by atoms with E-state index in [0.29, 0.717) is 0 Å². The summed E-state index contributed by atoms with van der Waals surface area (Å²) in [6.45, 7) is 0.869. The van der Waals surface area contributed by atoms with E-state index in [1.165, 1.54) is 19.1 Å². The molecule has 0 saturated carbocycles. The fourth-order valence-corrected chi connectivity index (χ4v) is 1.43. The highest BCUT2D eigenvalue weighted by molar-refractivity contribution is 6.00. The Morgan fingerprint density at radius 2 is 2.06 bits per heavy atom. The van der Waals surface area contributed by atoms with Gasteiger partial charge in [-0.2, -0.15) is 18.7 Å². The summed E-state index contributed by atoms with van der Waals surface area (Å²) in [5.74, 6) is -0.798. The lowest BCUT2D eigenvalue weighted by Gasteiger charge is -2.13. The monoisotopic (exact) mass is 233 g/mol. The molecule has 0 aliphatic carbocycles. The van der Waals surface area contributed by atoms with E-state index >= 15 is 0 Å². The van der Waals surface area contributed by atoms with Crippen LogP contribution in [0.3, 0.4) is 0 Å². The summed E-state index contributed by atoms with van der Waals surface area (Å²) < 4.78 is 37.8. The van der Waals surface area contributed by atoms with Gasteiger partial charge in [-0.15, -0.1) is 0 Å². The first-order valence-corrected chi connectivity index (χ1v) is 4.45. The third-order valence-electron chi connectivity index (χ3n) is 2.10. The van der Waals surface area contributed by atoms with E-state index in [0.717, 1.165) is 6.07 Å². The molecule has 0 aliphatic heterocycles. The summed E-state index contributed by atoms with van der Waals surface area (Å²) >= 11 is 0. The zero-order valence-electron chi connectivity index (χ0n) is 8.43. The highest BCUT2D eigenvalue weighted by Gasteiger charge is 2.35. The number of benzene rings is 1. The molecular weight excluding hydrogens is 223 g/mol. The summed E-state index contributed by atoms with van der Waals surface area (Å²) in [6.07, 6.45) is -4.58. The Morgan fingerprint density at radius 3 is 2.56 bits per heavy atom. The molecule has 1 aromatic carbocycles. The fraction of sp³-hybridized carbons (Fsp3) is 0.300. The summed E-state index contributed by atoms with van der Waals surface area (Å²) in [5.41, 5.74) is 0.402. The number of hydrogen-bond acceptors (Lipinski definition) is 3. The van der Waals surface area contributed by atoms with Gasteiger partial charge in [-0.25, -0.2) is 0 Å². The Balaban J connectivity index is 3.30. The first-order valence-electron chi connectivity index (χ1n) is 4.45. The Bertz CT molecular complexity index is 402. The standard InChI is InChI=1S/C10H10F3NO2/c1-6-3-2-4-7(10(11,12)13)9(6)8(15)5-14-16/h2-4,14,16H,5H2,1H3. The first-order chi connectivity index (χ1) is 7.38. The molecule has 6 heteroatoms. The summed E-state index contributed by atoms with van der Waals surface area (Å²) in [6, 6.07) is 3.50. The highest BCUT2D eigenvalue weighted by Crippen LogP contribution is 2.33. The van der Waals surface area contributed by atoms with E-state index in [1.54, 1.807) is 5.48 Å². The van der Waals surface area contributed by atoms with E-state index < -0.39 is 29.6 Å². The predicted molar refractivity (Wildman–Crippen MR) is 50.3 cm³/mol. The number of alkyl halides is 3. The lowest BCUT2D eigenvalue weighted by Crippen LogP contribution is -2.23. The topological polar surface area (TPSA) is 49.3 Å². The molecule has 1 rings (SSSR count). The van der Waals surface area contributed by atoms with E-state index in [4.69, 9.17) is 5.21 Å². The quantitative estimate of drug-likeness (QED) is 0.621. The lowest BCUT2D eigenvalue weighted by molar-refractivity contribution is -0.138. The number of hydroxylamine groups is 1. The van der Waals surface area contributed by atoms with Gasteiger partial charge in [0.15, 0.2) is 5.78 Å². The Kier molecular flexibility index (Phi) is 3.66. The molecule has 0 aliphatic rings. The minimum absolute atomic E-state index is 0.232. The van der Waals surface area contributed by atoms with Crippen molar-refractivity contribution in [2.75, 3.05) is 6.54 Å². The Labute approximate surface area is 89.8 Å². The third-order valence-corrected chi connectivity index (χ3v) is 2.10. The highest BCUT2D eigenvalue weighted by atomic mass is 19.4. The molecule has 3 nitrogen and oxygen atoms in total. The normalized spacial score (nSPS) is 11.6. The van der Waals surface area contributed by atoms with Crippen molar-refractivity contribution >= 4 is 5.78 Å². The summed E-state index contributed by atoms with van der Waals surface area (Å²) in [4.78, 5) is 11.4. The van der Waals surface area contributed by atoms with Crippen LogP contribution in [-0.2, 0) is 6.18 Å². The SMILES string of the molecule is Cc1cccc(C(F)(F)F)c1C(=O)CNO. The van der Waals surface area contributed by atoms with Crippen LogP contribution < -0.4 is 5.48 Å². The number of ketones is 1. The van der Waals surface area contributed by atoms with Gasteiger partial charge in [0.1, 0.15) is 0 Å². The Hall–Kier alpha value is -1.40. The second kappa shape index (κ2) is 4.63. The van der Waals surface area contributed by atoms with Gasteiger partial charge in [0, 0.05) is 5.56 Å². The molecule has 0 unspecified atom stereocenters. The van der Waals surface area contributed by atoms with E-state index in [9.17, 15) is 18.0 Å². The van der Waals surface area contributed by atoms with Gasteiger partial charge in [-0.05, 0) is 18.6 Å². The van der Waals surface area contributed by atoms with Crippen LogP contribution in [0.2, 0.25) is 0 Å². The first kappa shape index (κ1) is 12.7. The molecule has 0 radical (unpaired) electrons. The fourth-order valence-electron chi connectivity index (χ4n) is 1.43. The molecular formula is C10H10F3NO2. The summed E-state index contributed by atoms with van der Waals surface area (Å²) in [7, 11) is 0. The second-order valence-corrected chi connectivity index (χ2v) is 3.25. The number of carbonyl (C=O) groups excluding carboxylic acids is 1. The summed E-state index contributed by atoms with van der Waals surface area (Å²) in [5, 5.41) is 8.33. The number of halogens is 3. The maximum absolute atomic E-state index is 12.6. The third kappa shape index (κ3) is 2.59. The molecule has 16 heavy (non-hydrogen) atoms. The van der Waals surface area contributed by atoms with Crippen molar-refractivity contribution in [3.63, 3.8) is 0 Å². The minimum Gasteiger partial charge on any atom is -0.316 e. The van der Waals surface area contributed by atoms with E-state index in [1.807, 2.05) is 0 Å². The van der Waals surface area contributed by atoms with Crippen LogP contribution >= 0.6 is 0 Å². The molecule has 0 amide bonds. The maximum atomic E-state index is 12.6. The molecule has 0 bridgehead atoms. The average Bonchev–Trinajstić information content (AvgIpc) is 2.16. The van der Waals surface area contributed by atoms with Crippen molar-refractivity contribution in [1.82, 2.24) is 5.48 Å². The lowest BCUT2D eigenvalue weighted by atomic mass is 9.98. The van der Waals surface area contributed by atoms with Gasteiger partial charge in [0.25, 0.3) is 0 Å². The van der Waals surface area contributed by atoms with Crippen LogP contribution in [0.1, 0.15) is 21.5 Å². The minimum atomic E-state index is -4.58. The van der Waals surface area contributed by atoms with Crippen LogP contribution in [0.25, 0.3) is 0 Å². The molecule has 1 aromatic rings. The van der Waals surface area contributed by atoms with Gasteiger partial charge in [0.2, 0.25) is 0 Å². The Morgan fingerprint density at radius 1 is 1.44 bits per heavy atom. The van der Waals surface area contributed by atoms with Gasteiger partial charge in [-0.3, -0.25) is 4.79 Å². The van der Waals surface area contributed by atoms with E-state index in [2.05, 4.69) is 0 Å². The van der Waals surface area contributed by atoms with Crippen LogP contribution in [0.4, 0.5) is 13.2 Å². The van der Waals surface area contributed by atoms with Crippen LogP contribution in [-0.4, -0.2) is 17.5 Å². The predicted octanol–water partition coefficient (Wildman–Crippen LogP) is 2.18. The van der Waals surface area contributed by atoms with Crippen molar-refractivity contribution in [3.8, 4) is 0 Å². The zero-order chi connectivity index (χ0) is 12.3. The van der Waals surface area contributed by atoms with Gasteiger partial charge < -0.3 is 5.21 Å². The average molecular weight is 233 g/mol. The molecule has 2 N–H and O–H groups in total. The number of rotatable bonds is 3. The van der Waals surface area contributed by atoms with Gasteiger partial charge >= 0.3 is 6.18 Å². The van der Waals surface area contributed by atoms with Crippen molar-refractivity contribution in [1.29, 1.82) is 0 Å². The number of nitrogens with one attached hydrogen (secondary N) is 1. The van der Waals surface area contributed by atoms with Crippen LogP contribution in [0.15, 0.2) is 18.2 Å². The number of Topliss-reactive ketones (excluding diaryl/α,β-unsaturated/α-hetero) is 1. The smallest absolute Gasteiger partial charge is 0.316 e. The van der Waals surface area contributed by atoms with Crippen LogP contribution in [0.5, 0.6) is 0 Å². The maximum Gasteiger partial charge on any atom is 0.417 e.